The van der Waals surface area contributed by atoms with Gasteiger partial charge in [0.15, 0.2) is 5.82 Å². The number of pyridine rings is 1. The van der Waals surface area contributed by atoms with Crippen LogP contribution in [0.25, 0.3) is 0 Å². The number of anilines is 2. The highest BCUT2D eigenvalue weighted by Crippen LogP contribution is 2.23. The summed E-state index contributed by atoms with van der Waals surface area (Å²) in [4.78, 5) is 14.1. The molecule has 0 saturated carbocycles. The van der Waals surface area contributed by atoms with E-state index in [1.54, 1.807) is 30.7 Å². The first-order valence-corrected chi connectivity index (χ1v) is 7.70. The van der Waals surface area contributed by atoms with Crippen molar-refractivity contribution >= 4 is 11.6 Å². The lowest BCUT2D eigenvalue weighted by molar-refractivity contribution is 0.508. The number of nitrogens with one attached hydrogen (secondary N) is 1. The van der Waals surface area contributed by atoms with Crippen molar-refractivity contribution in [3.05, 3.63) is 60.2 Å². The van der Waals surface area contributed by atoms with Crippen LogP contribution in [0.3, 0.4) is 0 Å². The first kappa shape index (κ1) is 14.6. The van der Waals surface area contributed by atoms with Crippen LogP contribution in [-0.2, 0) is 19.6 Å². The molecule has 7 nitrogen and oxygen atoms in total. The largest absolute Gasteiger partial charge is 0.361 e. The maximum absolute atomic E-state index is 13.9. The summed E-state index contributed by atoms with van der Waals surface area (Å²) in [6.07, 6.45) is 6.24. The maximum Gasteiger partial charge on any atom is 0.222 e. The van der Waals surface area contributed by atoms with Crippen molar-refractivity contribution in [1.29, 1.82) is 0 Å². The van der Waals surface area contributed by atoms with Crippen LogP contribution >= 0.6 is 0 Å². The average Bonchev–Trinajstić information content (AvgIpc) is 3.03. The summed E-state index contributed by atoms with van der Waals surface area (Å²) in [5.74, 6) is 0.275. The van der Waals surface area contributed by atoms with Crippen LogP contribution in [-0.4, -0.2) is 31.3 Å². The molecule has 0 radical (unpaired) electrons. The molecule has 0 aromatic carbocycles. The Morgan fingerprint density at radius 3 is 2.88 bits per heavy atom. The standard InChI is InChI=1S/C16H16FN7/c17-14-10-18-5-2-15(14)23-6-7-24-13(11-23)8-12(22-24)9-21-16-19-3-1-4-20-16/h1-5,8,10H,6-7,9,11H2,(H,19,20,21). The molecule has 8 heteroatoms. The number of halogens is 1. The van der Waals surface area contributed by atoms with Gasteiger partial charge in [0.1, 0.15) is 0 Å². The zero-order chi connectivity index (χ0) is 16.4. The highest BCUT2D eigenvalue weighted by molar-refractivity contribution is 5.47. The van der Waals surface area contributed by atoms with E-state index in [1.807, 2.05) is 15.6 Å². The van der Waals surface area contributed by atoms with E-state index in [1.165, 1.54) is 6.20 Å². The first-order valence-electron chi connectivity index (χ1n) is 7.70. The van der Waals surface area contributed by atoms with E-state index in [2.05, 4.69) is 25.4 Å². The second kappa shape index (κ2) is 6.23. The Morgan fingerprint density at radius 2 is 2.04 bits per heavy atom. The Kier molecular flexibility index (Phi) is 3.78. The van der Waals surface area contributed by atoms with E-state index in [9.17, 15) is 4.39 Å². The van der Waals surface area contributed by atoms with Crippen molar-refractivity contribution in [3.8, 4) is 0 Å². The summed E-state index contributed by atoms with van der Waals surface area (Å²) in [5, 5.41) is 7.72. The Labute approximate surface area is 138 Å². The number of fused-ring (bicyclic) bond motifs is 1. The normalized spacial score (nSPS) is 13.6. The van der Waals surface area contributed by atoms with E-state index in [0.29, 0.717) is 31.3 Å². The number of hydrogen-bond acceptors (Lipinski definition) is 6. The fourth-order valence-corrected chi connectivity index (χ4v) is 2.80. The molecule has 0 saturated heterocycles. The van der Waals surface area contributed by atoms with E-state index in [0.717, 1.165) is 17.9 Å². The third kappa shape index (κ3) is 2.90. The molecule has 0 spiro atoms. The van der Waals surface area contributed by atoms with E-state index < -0.39 is 0 Å². The average molecular weight is 325 g/mol. The summed E-state index contributed by atoms with van der Waals surface area (Å²) in [7, 11) is 0. The number of aromatic nitrogens is 5. The third-order valence-corrected chi connectivity index (χ3v) is 3.93. The van der Waals surface area contributed by atoms with Gasteiger partial charge in [-0.05, 0) is 18.2 Å². The van der Waals surface area contributed by atoms with Gasteiger partial charge in [0.2, 0.25) is 5.95 Å². The van der Waals surface area contributed by atoms with Gasteiger partial charge >= 0.3 is 0 Å². The van der Waals surface area contributed by atoms with Crippen LogP contribution in [0, 0.1) is 5.82 Å². The Hall–Kier alpha value is -3.03. The summed E-state index contributed by atoms with van der Waals surface area (Å²) in [6, 6.07) is 5.51. The van der Waals surface area contributed by atoms with Crippen molar-refractivity contribution < 1.29 is 4.39 Å². The first-order chi connectivity index (χ1) is 11.8. The van der Waals surface area contributed by atoms with Crippen molar-refractivity contribution in [2.45, 2.75) is 19.6 Å². The Morgan fingerprint density at radius 1 is 1.17 bits per heavy atom. The SMILES string of the molecule is Fc1cnccc1N1CCn2nc(CNc3ncccn3)cc2C1. The molecule has 4 heterocycles. The van der Waals surface area contributed by atoms with Gasteiger partial charge in [-0.25, -0.2) is 14.4 Å². The van der Waals surface area contributed by atoms with E-state index >= 15 is 0 Å². The van der Waals surface area contributed by atoms with Crippen LogP contribution in [0.15, 0.2) is 43.0 Å². The Bertz CT molecular complexity index is 833. The molecule has 3 aromatic heterocycles. The summed E-state index contributed by atoms with van der Waals surface area (Å²) >= 11 is 0. The summed E-state index contributed by atoms with van der Waals surface area (Å²) in [6.45, 7) is 2.60. The third-order valence-electron chi connectivity index (χ3n) is 3.93. The molecule has 0 bridgehead atoms. The molecule has 0 fully saturated rings. The van der Waals surface area contributed by atoms with Crippen LogP contribution in [0.2, 0.25) is 0 Å². The van der Waals surface area contributed by atoms with Crippen LogP contribution in [0.4, 0.5) is 16.0 Å². The van der Waals surface area contributed by atoms with Gasteiger partial charge in [0.25, 0.3) is 0 Å². The van der Waals surface area contributed by atoms with Gasteiger partial charge in [0.05, 0.1) is 42.9 Å². The molecule has 122 valence electrons. The fourth-order valence-electron chi connectivity index (χ4n) is 2.80. The molecule has 4 rings (SSSR count). The topological polar surface area (TPSA) is 71.8 Å². The predicted octanol–water partition coefficient (Wildman–Crippen LogP) is 1.84. The molecular formula is C16H16FN7. The lowest BCUT2D eigenvalue weighted by atomic mass is 10.2. The molecule has 3 aromatic rings. The molecule has 0 amide bonds. The number of rotatable bonds is 4. The monoisotopic (exact) mass is 325 g/mol. The fraction of sp³-hybridized carbons (Fsp3) is 0.250. The Balaban J connectivity index is 1.47. The lowest BCUT2D eigenvalue weighted by Crippen LogP contribution is -2.34. The quantitative estimate of drug-likeness (QED) is 0.789. The van der Waals surface area contributed by atoms with Gasteiger partial charge in [-0.15, -0.1) is 0 Å². The van der Waals surface area contributed by atoms with Crippen molar-refractivity contribution in [2.24, 2.45) is 0 Å². The van der Waals surface area contributed by atoms with Crippen molar-refractivity contribution in [1.82, 2.24) is 24.7 Å². The van der Waals surface area contributed by atoms with E-state index in [4.69, 9.17) is 0 Å². The molecule has 0 unspecified atom stereocenters. The van der Waals surface area contributed by atoms with Crippen molar-refractivity contribution in [2.75, 3.05) is 16.8 Å². The molecule has 0 atom stereocenters. The van der Waals surface area contributed by atoms with Gasteiger partial charge in [-0.3, -0.25) is 9.67 Å². The molecule has 24 heavy (non-hydrogen) atoms. The van der Waals surface area contributed by atoms with E-state index in [-0.39, 0.29) is 5.82 Å². The minimum absolute atomic E-state index is 0.298. The van der Waals surface area contributed by atoms with Crippen LogP contribution in [0.1, 0.15) is 11.4 Å². The number of nitrogens with zero attached hydrogens (tertiary/aromatic N) is 6. The second-order valence-corrected chi connectivity index (χ2v) is 5.52. The highest BCUT2D eigenvalue weighted by Gasteiger charge is 2.20. The zero-order valence-electron chi connectivity index (χ0n) is 12.9. The summed E-state index contributed by atoms with van der Waals surface area (Å²) in [5.41, 5.74) is 2.55. The minimum atomic E-state index is -0.298. The molecule has 1 aliphatic heterocycles. The minimum Gasteiger partial charge on any atom is -0.361 e. The zero-order valence-corrected chi connectivity index (χ0v) is 12.9. The van der Waals surface area contributed by atoms with Gasteiger partial charge in [-0.2, -0.15) is 5.10 Å². The maximum atomic E-state index is 13.9. The van der Waals surface area contributed by atoms with Crippen LogP contribution < -0.4 is 10.2 Å². The molecule has 0 aliphatic carbocycles. The van der Waals surface area contributed by atoms with Crippen molar-refractivity contribution in [3.63, 3.8) is 0 Å². The lowest BCUT2D eigenvalue weighted by Gasteiger charge is -2.29. The molecular weight excluding hydrogens is 309 g/mol. The second-order valence-electron chi connectivity index (χ2n) is 5.52. The van der Waals surface area contributed by atoms with Gasteiger partial charge in [-0.1, -0.05) is 0 Å². The smallest absolute Gasteiger partial charge is 0.222 e. The van der Waals surface area contributed by atoms with Crippen LogP contribution in [0.5, 0.6) is 0 Å². The highest BCUT2D eigenvalue weighted by atomic mass is 19.1. The van der Waals surface area contributed by atoms with Gasteiger partial charge in [0, 0.05) is 25.1 Å². The molecule has 1 N–H and O–H groups in total. The summed E-state index contributed by atoms with van der Waals surface area (Å²) < 4.78 is 15.9. The van der Waals surface area contributed by atoms with Gasteiger partial charge < -0.3 is 10.2 Å². The number of hydrogen-bond donors (Lipinski definition) is 1. The predicted molar refractivity (Wildman–Crippen MR) is 86.8 cm³/mol. The molecule has 1 aliphatic rings.